The van der Waals surface area contributed by atoms with Crippen molar-refractivity contribution in [2.45, 2.75) is 0 Å². The Bertz CT molecular complexity index is 2850. The highest BCUT2D eigenvalue weighted by Crippen LogP contribution is 2.51. The second-order valence-corrected chi connectivity index (χ2v) is 12.0. The highest BCUT2D eigenvalue weighted by atomic mass is 16.3. The average molecular weight is 587 g/mol. The van der Waals surface area contributed by atoms with E-state index in [1.807, 2.05) is 60.7 Å². The zero-order chi connectivity index (χ0) is 29.9. The quantitative estimate of drug-likeness (QED) is 0.207. The molecule has 0 saturated heterocycles. The zero-order valence-electron chi connectivity index (χ0n) is 24.4. The van der Waals surface area contributed by atoms with Crippen LogP contribution in [0.5, 0.6) is 0 Å². The minimum absolute atomic E-state index is 0.591. The molecule has 5 heteroatoms. The molecule has 3 heterocycles. The summed E-state index contributed by atoms with van der Waals surface area (Å²) in [4.78, 5) is 15.3. The summed E-state index contributed by atoms with van der Waals surface area (Å²) in [6.07, 6.45) is 0. The van der Waals surface area contributed by atoms with E-state index in [-0.39, 0.29) is 0 Å². The molecule has 7 aromatic carbocycles. The van der Waals surface area contributed by atoms with Gasteiger partial charge in [-0.3, -0.25) is 4.57 Å². The summed E-state index contributed by atoms with van der Waals surface area (Å²) < 4.78 is 8.93. The fraction of sp³-hybridized carbons (Fsp3) is 0. The van der Waals surface area contributed by atoms with Crippen LogP contribution in [0.3, 0.4) is 0 Å². The SMILES string of the molecule is c1ccc(-c2nc(-c3ccccc3)nc(-n3c4cccc5c4c4c6c(ccc7oc8c9ccccc9cc-5c8c76)ccc43)n2)cc1. The lowest BCUT2D eigenvalue weighted by Gasteiger charge is -2.12. The summed E-state index contributed by atoms with van der Waals surface area (Å²) in [6.45, 7) is 0. The van der Waals surface area contributed by atoms with Crippen LogP contribution in [0.15, 0.2) is 138 Å². The summed E-state index contributed by atoms with van der Waals surface area (Å²) >= 11 is 0. The molecular formula is C41H22N4O. The molecule has 5 nitrogen and oxygen atoms in total. The molecule has 0 amide bonds. The van der Waals surface area contributed by atoms with Crippen molar-refractivity contribution in [1.82, 2.24) is 19.5 Å². The number of fused-ring (bicyclic) bond motifs is 3. The zero-order valence-corrected chi connectivity index (χ0v) is 24.4. The normalized spacial score (nSPS) is 12.3. The summed E-state index contributed by atoms with van der Waals surface area (Å²) in [7, 11) is 0. The van der Waals surface area contributed by atoms with E-state index in [4.69, 9.17) is 19.4 Å². The second-order valence-electron chi connectivity index (χ2n) is 12.0. The number of rotatable bonds is 3. The van der Waals surface area contributed by atoms with Crippen molar-refractivity contribution in [2.24, 2.45) is 0 Å². The van der Waals surface area contributed by atoms with E-state index >= 15 is 0 Å². The molecule has 0 fully saturated rings. The Hall–Kier alpha value is -6.33. The van der Waals surface area contributed by atoms with Crippen LogP contribution in [-0.4, -0.2) is 19.5 Å². The highest BCUT2D eigenvalue weighted by Gasteiger charge is 2.28. The third-order valence-corrected chi connectivity index (χ3v) is 9.54. The topological polar surface area (TPSA) is 56.7 Å². The molecule has 0 aliphatic heterocycles. The molecule has 1 aliphatic carbocycles. The molecule has 0 bridgehead atoms. The van der Waals surface area contributed by atoms with Crippen molar-refractivity contribution in [3.63, 3.8) is 0 Å². The summed E-state index contributed by atoms with van der Waals surface area (Å²) in [5.74, 6) is 1.87. The number of furan rings is 1. The largest absolute Gasteiger partial charge is 0.455 e. The van der Waals surface area contributed by atoms with E-state index in [0.29, 0.717) is 17.6 Å². The van der Waals surface area contributed by atoms with Crippen LogP contribution in [0.4, 0.5) is 0 Å². The van der Waals surface area contributed by atoms with E-state index in [2.05, 4.69) is 77.4 Å². The second kappa shape index (κ2) is 8.65. The number of benzene rings is 7. The highest BCUT2D eigenvalue weighted by molar-refractivity contribution is 6.39. The van der Waals surface area contributed by atoms with Gasteiger partial charge in [0, 0.05) is 43.4 Å². The Balaban J connectivity index is 1.34. The first-order valence-corrected chi connectivity index (χ1v) is 15.5. The van der Waals surface area contributed by atoms with Gasteiger partial charge in [-0.25, -0.2) is 4.98 Å². The number of nitrogens with zero attached hydrogens (tertiary/aromatic N) is 4. The molecular weight excluding hydrogens is 564 g/mol. The Morgan fingerprint density at radius 2 is 1.15 bits per heavy atom. The van der Waals surface area contributed by atoms with Crippen molar-refractivity contribution in [1.29, 1.82) is 0 Å². The van der Waals surface area contributed by atoms with Crippen molar-refractivity contribution < 1.29 is 4.42 Å². The number of hydrogen-bond donors (Lipinski definition) is 0. The molecule has 0 radical (unpaired) electrons. The maximum atomic E-state index is 6.71. The van der Waals surface area contributed by atoms with Crippen molar-refractivity contribution in [3.05, 3.63) is 133 Å². The summed E-state index contributed by atoms with van der Waals surface area (Å²) in [5, 5.41) is 9.43. The van der Waals surface area contributed by atoms with E-state index in [0.717, 1.165) is 44.1 Å². The summed E-state index contributed by atoms with van der Waals surface area (Å²) in [5.41, 5.74) is 8.22. The Morgan fingerprint density at radius 3 is 1.93 bits per heavy atom. The lowest BCUT2D eigenvalue weighted by molar-refractivity contribution is 0.673. The lowest BCUT2D eigenvalue weighted by atomic mass is 9.95. The van der Waals surface area contributed by atoms with Gasteiger partial charge < -0.3 is 4.42 Å². The van der Waals surface area contributed by atoms with Gasteiger partial charge in [0.15, 0.2) is 11.6 Å². The van der Waals surface area contributed by atoms with Crippen molar-refractivity contribution in [3.8, 4) is 39.9 Å². The third kappa shape index (κ3) is 3.06. The molecule has 46 heavy (non-hydrogen) atoms. The van der Waals surface area contributed by atoms with E-state index in [1.165, 1.54) is 43.4 Å². The Labute approximate surface area is 262 Å². The van der Waals surface area contributed by atoms with E-state index in [9.17, 15) is 0 Å². The van der Waals surface area contributed by atoms with Crippen LogP contribution < -0.4 is 0 Å². The number of aromatic nitrogens is 4. The first kappa shape index (κ1) is 24.0. The minimum Gasteiger partial charge on any atom is -0.455 e. The van der Waals surface area contributed by atoms with Crippen molar-refractivity contribution in [2.75, 3.05) is 0 Å². The molecule has 0 N–H and O–H groups in total. The van der Waals surface area contributed by atoms with Gasteiger partial charge >= 0.3 is 0 Å². The van der Waals surface area contributed by atoms with Gasteiger partial charge in [-0.15, -0.1) is 0 Å². The van der Waals surface area contributed by atoms with Gasteiger partial charge in [0.05, 0.1) is 11.0 Å². The lowest BCUT2D eigenvalue weighted by Crippen LogP contribution is -2.06. The maximum Gasteiger partial charge on any atom is 0.238 e. The molecule has 11 rings (SSSR count). The monoisotopic (exact) mass is 586 g/mol. The standard InChI is InChI=1S/C41H22N4O/c1-3-10-24(11-4-1)39-42-40(25-12-5-2-6-13-25)44-41(43-39)45-30-17-9-16-28-29-22-26-14-7-8-15-27(26)38-35(29)37-32(46-38)21-19-23-18-20-31(45)36(33(23)37)34(28)30/h1-22H. The molecule has 3 aromatic heterocycles. The van der Waals surface area contributed by atoms with E-state index in [1.54, 1.807) is 0 Å². The van der Waals surface area contributed by atoms with Crippen LogP contribution in [0.1, 0.15) is 0 Å². The van der Waals surface area contributed by atoms with Crippen LogP contribution in [-0.2, 0) is 0 Å². The van der Waals surface area contributed by atoms with Crippen molar-refractivity contribution >= 4 is 65.3 Å². The van der Waals surface area contributed by atoms with Crippen LogP contribution in [0.2, 0.25) is 0 Å². The third-order valence-electron chi connectivity index (χ3n) is 9.54. The predicted molar refractivity (Wildman–Crippen MR) is 186 cm³/mol. The van der Waals surface area contributed by atoms with Gasteiger partial charge in [0.2, 0.25) is 5.95 Å². The fourth-order valence-electron chi connectivity index (χ4n) is 7.61. The van der Waals surface area contributed by atoms with Gasteiger partial charge in [-0.05, 0) is 46.2 Å². The summed E-state index contributed by atoms with van der Waals surface area (Å²) in [6, 6.07) is 46.5. The van der Waals surface area contributed by atoms with Gasteiger partial charge in [-0.2, -0.15) is 9.97 Å². The minimum atomic E-state index is 0.591. The first-order chi connectivity index (χ1) is 22.8. The van der Waals surface area contributed by atoms with Crippen LogP contribution >= 0.6 is 0 Å². The number of hydrogen-bond acceptors (Lipinski definition) is 4. The van der Waals surface area contributed by atoms with E-state index < -0.39 is 0 Å². The Morgan fingerprint density at radius 1 is 0.457 bits per heavy atom. The van der Waals surface area contributed by atoms with Gasteiger partial charge in [0.1, 0.15) is 11.2 Å². The smallest absolute Gasteiger partial charge is 0.238 e. The Kier molecular flexibility index (Phi) is 4.52. The van der Waals surface area contributed by atoms with Crippen LogP contribution in [0, 0.1) is 0 Å². The average Bonchev–Trinajstić information content (AvgIpc) is 3.65. The van der Waals surface area contributed by atoms with Gasteiger partial charge in [0.25, 0.3) is 0 Å². The fourth-order valence-corrected chi connectivity index (χ4v) is 7.61. The molecule has 1 aliphatic rings. The molecule has 0 unspecified atom stereocenters. The molecule has 212 valence electrons. The molecule has 10 aromatic rings. The van der Waals surface area contributed by atoms with Crippen LogP contribution in [0.25, 0.3) is 105 Å². The first-order valence-electron chi connectivity index (χ1n) is 15.5. The molecule has 0 saturated carbocycles. The molecule has 0 spiro atoms. The molecule has 0 atom stereocenters. The predicted octanol–water partition coefficient (Wildman–Crippen LogP) is 10.5. The van der Waals surface area contributed by atoms with Gasteiger partial charge in [-0.1, -0.05) is 109 Å². The maximum absolute atomic E-state index is 6.71.